The van der Waals surface area contributed by atoms with E-state index in [1.165, 1.54) is 12.1 Å². The lowest BCUT2D eigenvalue weighted by molar-refractivity contribution is -0.0250. The first kappa shape index (κ1) is 13.9. The summed E-state index contributed by atoms with van der Waals surface area (Å²) in [5.41, 5.74) is -0.105. The first-order valence-corrected chi connectivity index (χ1v) is 6.14. The summed E-state index contributed by atoms with van der Waals surface area (Å²) < 4.78 is 12.9. The molecule has 1 aromatic rings. The van der Waals surface area contributed by atoms with Gasteiger partial charge in [-0.2, -0.15) is 0 Å². The number of aliphatic hydroxyl groups is 1. The zero-order valence-corrected chi connectivity index (χ0v) is 10.6. The Balaban J connectivity index is 3.05. The Bertz CT molecular complexity index is 358. The van der Waals surface area contributed by atoms with Crippen LogP contribution < -0.4 is 0 Å². The van der Waals surface area contributed by atoms with Crippen molar-refractivity contribution in [3.63, 3.8) is 0 Å². The van der Waals surface area contributed by atoms with E-state index in [9.17, 15) is 9.50 Å². The van der Waals surface area contributed by atoms with Crippen LogP contribution in [0, 0.1) is 11.7 Å². The molecule has 1 aromatic carbocycles. The Labute approximate surface area is 103 Å². The van der Waals surface area contributed by atoms with Crippen LogP contribution in [0.25, 0.3) is 0 Å². The van der Waals surface area contributed by atoms with E-state index in [2.05, 4.69) is 6.58 Å². The van der Waals surface area contributed by atoms with Gasteiger partial charge in [0.2, 0.25) is 0 Å². The lowest BCUT2D eigenvalue weighted by Crippen LogP contribution is -2.33. The van der Waals surface area contributed by atoms with E-state index in [0.717, 1.165) is 18.4 Å². The van der Waals surface area contributed by atoms with E-state index in [-0.39, 0.29) is 11.7 Å². The van der Waals surface area contributed by atoms with Gasteiger partial charge >= 0.3 is 0 Å². The van der Waals surface area contributed by atoms with Gasteiger partial charge in [0.15, 0.2) is 0 Å². The normalized spacial score (nSPS) is 16.2. The van der Waals surface area contributed by atoms with Gasteiger partial charge in [-0.25, -0.2) is 4.39 Å². The van der Waals surface area contributed by atoms with E-state index in [1.807, 2.05) is 19.9 Å². The van der Waals surface area contributed by atoms with Gasteiger partial charge in [-0.15, -0.1) is 6.58 Å². The molecule has 0 saturated carbocycles. The van der Waals surface area contributed by atoms with Crippen molar-refractivity contribution >= 4 is 0 Å². The second-order valence-corrected chi connectivity index (χ2v) is 4.61. The molecule has 17 heavy (non-hydrogen) atoms. The maximum absolute atomic E-state index is 12.9. The van der Waals surface area contributed by atoms with Crippen molar-refractivity contribution in [2.75, 3.05) is 0 Å². The Hall–Kier alpha value is -1.15. The fraction of sp³-hybridized carbons (Fsp3) is 0.467. The molecule has 0 amide bonds. The van der Waals surface area contributed by atoms with Crippen LogP contribution in [0.3, 0.4) is 0 Å². The van der Waals surface area contributed by atoms with Crippen molar-refractivity contribution in [1.82, 2.24) is 0 Å². The molecule has 0 saturated heterocycles. The Morgan fingerprint density at radius 2 is 2.00 bits per heavy atom. The van der Waals surface area contributed by atoms with Crippen LogP contribution in [0.1, 0.15) is 38.7 Å². The van der Waals surface area contributed by atoms with Gasteiger partial charge in [-0.1, -0.05) is 38.5 Å². The maximum atomic E-state index is 12.9. The molecule has 0 fully saturated rings. The average Bonchev–Trinajstić information content (AvgIpc) is 2.30. The van der Waals surface area contributed by atoms with E-state index < -0.39 is 5.60 Å². The predicted molar refractivity (Wildman–Crippen MR) is 69.2 cm³/mol. The van der Waals surface area contributed by atoms with E-state index >= 15 is 0 Å². The quantitative estimate of drug-likeness (QED) is 0.739. The van der Waals surface area contributed by atoms with Crippen molar-refractivity contribution in [1.29, 1.82) is 0 Å². The summed E-state index contributed by atoms with van der Waals surface area (Å²) in [5, 5.41) is 10.8. The van der Waals surface area contributed by atoms with Gasteiger partial charge in [-0.3, -0.25) is 0 Å². The van der Waals surface area contributed by atoms with Gasteiger partial charge in [0.25, 0.3) is 0 Å². The molecule has 0 heterocycles. The summed E-state index contributed by atoms with van der Waals surface area (Å²) in [5.74, 6) is -0.200. The summed E-state index contributed by atoms with van der Waals surface area (Å²) in [4.78, 5) is 0. The zero-order chi connectivity index (χ0) is 12.9. The number of allylic oxidation sites excluding steroid dienone is 1. The van der Waals surface area contributed by atoms with Crippen molar-refractivity contribution in [3.8, 4) is 0 Å². The zero-order valence-electron chi connectivity index (χ0n) is 10.6. The minimum atomic E-state index is -0.892. The summed E-state index contributed by atoms with van der Waals surface area (Å²) in [6, 6.07) is 6.14. The highest BCUT2D eigenvalue weighted by Gasteiger charge is 2.33. The lowest BCUT2D eigenvalue weighted by Gasteiger charge is -2.34. The molecule has 1 rings (SSSR count). The molecule has 0 radical (unpaired) electrons. The summed E-state index contributed by atoms with van der Waals surface area (Å²) in [6.45, 7) is 7.75. The third-order valence-corrected chi connectivity index (χ3v) is 3.31. The SMILES string of the molecule is C=CCC(C)C(O)(CCC)c1ccc(F)cc1. The van der Waals surface area contributed by atoms with Crippen LogP contribution >= 0.6 is 0 Å². The third-order valence-electron chi connectivity index (χ3n) is 3.31. The fourth-order valence-electron chi connectivity index (χ4n) is 2.24. The summed E-state index contributed by atoms with van der Waals surface area (Å²) in [7, 11) is 0. The van der Waals surface area contributed by atoms with Crippen molar-refractivity contribution in [3.05, 3.63) is 48.3 Å². The highest BCUT2D eigenvalue weighted by molar-refractivity contribution is 5.24. The largest absolute Gasteiger partial charge is 0.385 e. The molecule has 2 atom stereocenters. The molecule has 0 aliphatic carbocycles. The molecule has 0 bridgehead atoms. The number of rotatable bonds is 6. The number of halogens is 1. The van der Waals surface area contributed by atoms with Gasteiger partial charge in [-0.05, 0) is 36.5 Å². The summed E-state index contributed by atoms with van der Waals surface area (Å²) in [6.07, 6.45) is 4.12. The van der Waals surface area contributed by atoms with Gasteiger partial charge < -0.3 is 5.11 Å². The fourth-order valence-corrected chi connectivity index (χ4v) is 2.24. The highest BCUT2D eigenvalue weighted by Crippen LogP contribution is 2.36. The molecule has 0 aliphatic heterocycles. The van der Waals surface area contributed by atoms with E-state index in [1.54, 1.807) is 12.1 Å². The van der Waals surface area contributed by atoms with Crippen LogP contribution in [0.2, 0.25) is 0 Å². The van der Waals surface area contributed by atoms with Crippen LogP contribution in [-0.4, -0.2) is 5.11 Å². The monoisotopic (exact) mass is 236 g/mol. The van der Waals surface area contributed by atoms with Crippen LogP contribution in [0.5, 0.6) is 0 Å². The van der Waals surface area contributed by atoms with Gasteiger partial charge in [0, 0.05) is 0 Å². The smallest absolute Gasteiger partial charge is 0.123 e. The molecule has 2 heteroatoms. The average molecular weight is 236 g/mol. The molecule has 0 aromatic heterocycles. The minimum absolute atomic E-state index is 0.0745. The number of benzene rings is 1. The molecule has 1 nitrogen and oxygen atoms in total. The second kappa shape index (κ2) is 5.97. The maximum Gasteiger partial charge on any atom is 0.123 e. The molecular weight excluding hydrogens is 215 g/mol. The lowest BCUT2D eigenvalue weighted by atomic mass is 9.77. The Morgan fingerprint density at radius 1 is 1.41 bits per heavy atom. The van der Waals surface area contributed by atoms with Crippen molar-refractivity contribution < 1.29 is 9.50 Å². The van der Waals surface area contributed by atoms with Crippen molar-refractivity contribution in [2.24, 2.45) is 5.92 Å². The van der Waals surface area contributed by atoms with E-state index in [0.29, 0.717) is 6.42 Å². The van der Waals surface area contributed by atoms with Gasteiger partial charge in [0.05, 0.1) is 5.60 Å². The first-order chi connectivity index (χ1) is 8.04. The Kier molecular flexibility index (Phi) is 4.88. The second-order valence-electron chi connectivity index (χ2n) is 4.61. The third kappa shape index (κ3) is 3.16. The van der Waals surface area contributed by atoms with Gasteiger partial charge in [0.1, 0.15) is 5.82 Å². The molecule has 2 unspecified atom stereocenters. The minimum Gasteiger partial charge on any atom is -0.385 e. The highest BCUT2D eigenvalue weighted by atomic mass is 19.1. The molecule has 1 N–H and O–H groups in total. The standard InChI is InChI=1S/C15H21FO/c1-4-6-12(3)15(17,11-5-2)13-7-9-14(16)10-8-13/h4,7-10,12,17H,1,5-6,11H2,2-3H3. The topological polar surface area (TPSA) is 20.2 Å². The molecule has 0 aliphatic rings. The number of hydrogen-bond donors (Lipinski definition) is 1. The van der Waals surface area contributed by atoms with Crippen LogP contribution in [0.15, 0.2) is 36.9 Å². The molecular formula is C15H21FO. The van der Waals surface area contributed by atoms with E-state index in [4.69, 9.17) is 0 Å². The van der Waals surface area contributed by atoms with Crippen molar-refractivity contribution in [2.45, 2.75) is 38.7 Å². The summed E-state index contributed by atoms with van der Waals surface area (Å²) >= 11 is 0. The predicted octanol–water partition coefficient (Wildman–Crippen LogP) is 4.03. The van der Waals surface area contributed by atoms with Crippen LogP contribution in [0.4, 0.5) is 4.39 Å². The molecule has 0 spiro atoms. The molecule has 94 valence electrons. The van der Waals surface area contributed by atoms with Crippen LogP contribution in [-0.2, 0) is 5.60 Å². The number of hydrogen-bond acceptors (Lipinski definition) is 1. The first-order valence-electron chi connectivity index (χ1n) is 6.14. The Morgan fingerprint density at radius 3 is 2.47 bits per heavy atom.